The van der Waals surface area contributed by atoms with Gasteiger partial charge in [-0.1, -0.05) is 64.6 Å². The van der Waals surface area contributed by atoms with E-state index < -0.39 is 0 Å². The van der Waals surface area contributed by atoms with E-state index in [9.17, 15) is 9.90 Å². The zero-order valence-electron chi connectivity index (χ0n) is 25.3. The summed E-state index contributed by atoms with van der Waals surface area (Å²) in [7, 11) is 0. The van der Waals surface area contributed by atoms with Crippen LogP contribution in [0.15, 0.2) is 58.4 Å². The average molecular weight is 747 g/mol. The summed E-state index contributed by atoms with van der Waals surface area (Å²) in [4.78, 5) is 27.2. The number of aryl methyl sites for hydroxylation is 2. The van der Waals surface area contributed by atoms with Crippen LogP contribution in [0.25, 0.3) is 33.1 Å². The van der Waals surface area contributed by atoms with Gasteiger partial charge in [-0.25, -0.2) is 0 Å². The fraction of sp³-hybridized carbons (Fsp3) is 0.412. The van der Waals surface area contributed by atoms with Crippen LogP contribution in [0.4, 0.5) is 0 Å². The molecule has 0 saturated carbocycles. The molecule has 5 nitrogen and oxygen atoms in total. The Hall–Kier alpha value is -2.60. The number of hydrogen-bond acceptors (Lipinski definition) is 6. The van der Waals surface area contributed by atoms with Crippen LogP contribution in [0.1, 0.15) is 78.4 Å². The second-order valence-corrected chi connectivity index (χ2v) is 12.3. The van der Waals surface area contributed by atoms with Crippen molar-refractivity contribution in [3.05, 3.63) is 65.7 Å². The Labute approximate surface area is 262 Å². The van der Waals surface area contributed by atoms with Gasteiger partial charge in [0.2, 0.25) is 0 Å². The molecule has 1 N–H and O–H groups in total. The van der Waals surface area contributed by atoms with Gasteiger partial charge in [0.1, 0.15) is 5.76 Å². The summed E-state index contributed by atoms with van der Waals surface area (Å²) in [6.45, 7) is 16.4. The molecule has 219 valence electrons. The predicted octanol–water partition coefficient (Wildman–Crippen LogP) is 9.37. The van der Waals surface area contributed by atoms with Crippen molar-refractivity contribution in [1.82, 2.24) is 15.0 Å². The third-order valence-electron chi connectivity index (χ3n) is 8.91. The van der Waals surface area contributed by atoms with Crippen LogP contribution in [0.5, 0.6) is 0 Å². The number of carbonyl (C=O) groups is 1. The van der Waals surface area contributed by atoms with Gasteiger partial charge in [-0.05, 0) is 67.5 Å². The van der Waals surface area contributed by atoms with E-state index in [2.05, 4.69) is 37.0 Å². The van der Waals surface area contributed by atoms with Crippen molar-refractivity contribution in [1.29, 1.82) is 0 Å². The number of carbonyl (C=O) groups excluding carboxylic acids is 1. The molecular weight excluding hydrogens is 707 g/mol. The number of ketones is 1. The third kappa shape index (κ3) is 6.28. The number of pyridine rings is 3. The van der Waals surface area contributed by atoms with Gasteiger partial charge in [0.05, 0.1) is 5.65 Å². The summed E-state index contributed by atoms with van der Waals surface area (Å²) in [5.41, 5.74) is 4.59. The van der Waals surface area contributed by atoms with E-state index in [1.165, 1.54) is 32.9 Å². The minimum atomic E-state index is -0.337. The van der Waals surface area contributed by atoms with Crippen molar-refractivity contribution < 1.29 is 30.0 Å². The molecule has 0 spiro atoms. The van der Waals surface area contributed by atoms with Gasteiger partial charge in [-0.15, -0.1) is 23.9 Å². The first-order chi connectivity index (χ1) is 19.0. The SMILES string of the molecule is CCC(C)(CC)C(=O)/C=C(\O)C(C)(CC)CC.Cc1ccc2c3c(ncc(C)c13)-c1[c-]c3cccnc3nc1S2.[Ir]. The molecule has 5 rings (SSSR count). The average Bonchev–Trinajstić information content (AvgIpc) is 2.97. The molecule has 0 unspecified atom stereocenters. The summed E-state index contributed by atoms with van der Waals surface area (Å²) < 4.78 is 0. The zero-order valence-corrected chi connectivity index (χ0v) is 28.5. The molecular formula is C34H40IrN3O2S-. The largest absolute Gasteiger partial charge is 0.512 e. The van der Waals surface area contributed by atoms with Crippen molar-refractivity contribution in [2.75, 3.05) is 0 Å². The van der Waals surface area contributed by atoms with E-state index in [1.807, 2.05) is 59.9 Å². The third-order valence-corrected chi connectivity index (χ3v) is 9.96. The number of aliphatic hydroxyl groups excluding tert-OH is 1. The number of aliphatic hydroxyl groups is 1. The second kappa shape index (κ2) is 13.1. The zero-order chi connectivity index (χ0) is 29.2. The summed E-state index contributed by atoms with van der Waals surface area (Å²) in [6.07, 6.45) is 8.47. The summed E-state index contributed by atoms with van der Waals surface area (Å²) >= 11 is 1.68. The number of rotatable bonds is 7. The van der Waals surface area contributed by atoms with E-state index in [0.717, 1.165) is 53.0 Å². The van der Waals surface area contributed by atoms with Crippen LogP contribution in [-0.2, 0) is 24.9 Å². The Kier molecular flexibility index (Phi) is 10.5. The van der Waals surface area contributed by atoms with Gasteiger partial charge in [-0.2, -0.15) is 0 Å². The van der Waals surface area contributed by atoms with Gasteiger partial charge < -0.3 is 5.11 Å². The molecule has 41 heavy (non-hydrogen) atoms. The molecule has 4 aromatic rings. The van der Waals surface area contributed by atoms with Crippen LogP contribution < -0.4 is 0 Å². The van der Waals surface area contributed by atoms with E-state index in [1.54, 1.807) is 18.0 Å². The van der Waals surface area contributed by atoms with Crippen LogP contribution >= 0.6 is 11.8 Å². The van der Waals surface area contributed by atoms with Gasteiger partial charge in [0.15, 0.2) is 5.78 Å². The predicted molar refractivity (Wildman–Crippen MR) is 166 cm³/mol. The molecule has 4 heterocycles. The number of hydrogen-bond donors (Lipinski definition) is 1. The molecule has 1 aliphatic rings. The Balaban J connectivity index is 0.000000233. The van der Waals surface area contributed by atoms with Gasteiger partial charge in [-0.3, -0.25) is 19.7 Å². The Morgan fingerprint density at radius 2 is 1.61 bits per heavy atom. The molecule has 1 aliphatic heterocycles. The van der Waals surface area contributed by atoms with Crippen molar-refractivity contribution in [2.24, 2.45) is 10.8 Å². The van der Waals surface area contributed by atoms with E-state index in [0.29, 0.717) is 0 Å². The molecule has 0 saturated heterocycles. The molecule has 1 radical (unpaired) electrons. The molecule has 0 atom stereocenters. The second-order valence-electron chi connectivity index (χ2n) is 11.2. The topological polar surface area (TPSA) is 76.0 Å². The fourth-order valence-electron chi connectivity index (χ4n) is 4.94. The summed E-state index contributed by atoms with van der Waals surface area (Å²) in [6, 6.07) is 11.7. The van der Waals surface area contributed by atoms with Crippen LogP contribution in [0, 0.1) is 30.7 Å². The van der Waals surface area contributed by atoms with Crippen LogP contribution in [0.3, 0.4) is 0 Å². The Bertz CT molecular complexity index is 1600. The van der Waals surface area contributed by atoms with E-state index in [-0.39, 0.29) is 42.5 Å². The van der Waals surface area contributed by atoms with Gasteiger partial charge in [0, 0.05) is 65.0 Å². The van der Waals surface area contributed by atoms with Gasteiger partial charge >= 0.3 is 0 Å². The minimum absolute atomic E-state index is 0. The molecule has 0 bridgehead atoms. The maximum atomic E-state index is 12.2. The number of nitrogens with zero attached hydrogens (tertiary/aromatic N) is 3. The smallest absolute Gasteiger partial charge is 0.164 e. The minimum Gasteiger partial charge on any atom is -0.512 e. The first kappa shape index (κ1) is 32.9. The first-order valence-corrected chi connectivity index (χ1v) is 15.0. The molecule has 7 heteroatoms. The van der Waals surface area contributed by atoms with Crippen LogP contribution in [-0.4, -0.2) is 25.8 Å². The fourth-order valence-corrected chi connectivity index (χ4v) is 5.97. The van der Waals surface area contributed by atoms with E-state index in [4.69, 9.17) is 9.97 Å². The molecule has 0 amide bonds. The van der Waals surface area contributed by atoms with Crippen molar-refractivity contribution in [2.45, 2.75) is 91.0 Å². The van der Waals surface area contributed by atoms with Crippen molar-refractivity contribution in [3.63, 3.8) is 0 Å². The Morgan fingerprint density at radius 3 is 2.24 bits per heavy atom. The number of allylic oxidation sites excluding steroid dienone is 2. The quantitative estimate of drug-likeness (QED) is 0.102. The van der Waals surface area contributed by atoms with Crippen molar-refractivity contribution >= 4 is 39.4 Å². The number of fused-ring (bicyclic) bond motifs is 3. The van der Waals surface area contributed by atoms with E-state index >= 15 is 0 Å². The number of benzene rings is 1. The maximum Gasteiger partial charge on any atom is 0.164 e. The summed E-state index contributed by atoms with van der Waals surface area (Å²) in [5, 5.41) is 14.5. The van der Waals surface area contributed by atoms with Crippen molar-refractivity contribution in [3.8, 4) is 11.3 Å². The Morgan fingerprint density at radius 1 is 0.951 bits per heavy atom. The maximum absolute atomic E-state index is 12.2. The molecule has 3 aromatic heterocycles. The van der Waals surface area contributed by atoms with Crippen LogP contribution in [0.2, 0.25) is 0 Å². The molecule has 1 aromatic carbocycles. The summed E-state index contributed by atoms with van der Waals surface area (Å²) in [5.74, 6) is 0.286. The first-order valence-electron chi connectivity index (χ1n) is 14.2. The molecule has 0 fully saturated rings. The number of aromatic nitrogens is 3. The molecule has 0 aliphatic carbocycles. The monoisotopic (exact) mass is 747 g/mol. The van der Waals surface area contributed by atoms with Gasteiger partial charge in [0.25, 0.3) is 0 Å². The normalized spacial score (nSPS) is 12.8. The standard InChI is InChI=1S/C19H12N3S.C15H28O2.Ir/c1-10-5-6-14-16-15(10)11(2)9-21-17(16)13-8-12-4-3-7-20-18(12)22-19(13)23-14;1-7-14(5,8-2)12(16)11-13(17)15(6,9-3)10-4;/h3-7,9H,1-2H3;11,16H,7-10H2,1-6H3;/q-1;;/b;12-11-;.